The third-order valence-corrected chi connectivity index (χ3v) is 3.83. The SMILES string of the molecule is CC(C)[CH2][Al][CH2]C(C)C.[Li]. The van der Waals surface area contributed by atoms with Crippen LogP contribution in [0.3, 0.4) is 0 Å². The number of rotatable bonds is 4. The smallest absolute Gasteiger partial charge is 0.102 e. The van der Waals surface area contributed by atoms with Crippen LogP contribution in [0, 0.1) is 11.8 Å². The molecule has 0 amide bonds. The van der Waals surface area contributed by atoms with E-state index < -0.39 is 0 Å². The standard InChI is InChI=1S/2C4H9.Al.Li/c2*1-4(2)3;;/h2*4H,1H2,2-3H3;;. The van der Waals surface area contributed by atoms with Gasteiger partial charge in [-0.1, -0.05) is 39.5 Å². The maximum Gasteiger partial charge on any atom is 0.200 e. The molecule has 2 radical (unpaired) electrons. The Morgan fingerprint density at radius 2 is 1.20 bits per heavy atom. The first-order valence-corrected chi connectivity index (χ1v) is 5.58. The molecule has 10 heavy (non-hydrogen) atoms. The molecule has 54 valence electrons. The molecule has 0 aromatic carbocycles. The molecule has 0 aliphatic carbocycles. The summed E-state index contributed by atoms with van der Waals surface area (Å²) >= 11 is 0.755. The molecular weight excluding hydrogens is 130 g/mol. The van der Waals surface area contributed by atoms with Crippen LogP contribution in [-0.2, 0) is 0 Å². The average Bonchev–Trinajstić information content (AvgIpc) is 1.63. The fraction of sp³-hybridized carbons (Fsp3) is 1.00. The first kappa shape index (κ1) is 13.7. The zero-order valence-electron chi connectivity index (χ0n) is 8.15. The predicted molar refractivity (Wildman–Crippen MR) is 50.8 cm³/mol. The third-order valence-electron chi connectivity index (χ3n) is 1.28. The summed E-state index contributed by atoms with van der Waals surface area (Å²) in [6, 6.07) is 0. The van der Waals surface area contributed by atoms with E-state index in [0.29, 0.717) is 0 Å². The Morgan fingerprint density at radius 1 is 0.900 bits per heavy atom. The molecule has 0 fully saturated rings. The molecule has 0 N–H and O–H groups in total. The van der Waals surface area contributed by atoms with Crippen molar-refractivity contribution in [2.75, 3.05) is 0 Å². The molecule has 0 spiro atoms. The van der Waals surface area contributed by atoms with Gasteiger partial charge < -0.3 is 0 Å². The van der Waals surface area contributed by atoms with Crippen LogP contribution in [0.4, 0.5) is 0 Å². The van der Waals surface area contributed by atoms with Gasteiger partial charge in [0.15, 0.2) is 0 Å². The fourth-order valence-electron chi connectivity index (χ4n) is 0.763. The summed E-state index contributed by atoms with van der Waals surface area (Å²) < 4.78 is 0. The largest absolute Gasteiger partial charge is 0.200 e. The molecule has 0 aromatic heterocycles. The fourth-order valence-corrected chi connectivity index (χ4v) is 2.29. The molecule has 0 heterocycles. The summed E-state index contributed by atoms with van der Waals surface area (Å²) in [5, 5.41) is 2.97. The Morgan fingerprint density at radius 3 is 1.40 bits per heavy atom. The van der Waals surface area contributed by atoms with Crippen LogP contribution in [0.5, 0.6) is 0 Å². The van der Waals surface area contributed by atoms with Crippen LogP contribution in [0.25, 0.3) is 0 Å². The van der Waals surface area contributed by atoms with Gasteiger partial charge in [-0.3, -0.25) is 0 Å². The summed E-state index contributed by atoms with van der Waals surface area (Å²) in [5.41, 5.74) is 0. The number of hydrogen-bond acceptors (Lipinski definition) is 0. The van der Waals surface area contributed by atoms with Crippen LogP contribution < -0.4 is 0 Å². The van der Waals surface area contributed by atoms with Gasteiger partial charge in [-0.05, 0) is 0 Å². The Balaban J connectivity index is 0. The summed E-state index contributed by atoms with van der Waals surface area (Å²) in [6.45, 7) is 9.25. The molecule has 0 saturated carbocycles. The van der Waals surface area contributed by atoms with E-state index in [1.165, 1.54) is 10.6 Å². The van der Waals surface area contributed by atoms with E-state index in [0.717, 1.165) is 27.1 Å². The summed E-state index contributed by atoms with van der Waals surface area (Å²) in [6.07, 6.45) is 0. The quantitative estimate of drug-likeness (QED) is 0.537. The topological polar surface area (TPSA) is 0 Å². The minimum atomic E-state index is 0. The van der Waals surface area contributed by atoms with Gasteiger partial charge in [0, 0.05) is 18.9 Å². The van der Waals surface area contributed by atoms with Crippen LogP contribution in [0.2, 0.25) is 10.6 Å². The number of hydrogen-bond donors (Lipinski definition) is 0. The van der Waals surface area contributed by atoms with E-state index in [1.807, 2.05) is 0 Å². The Kier molecular flexibility index (Phi) is 11.3. The van der Waals surface area contributed by atoms with Gasteiger partial charge in [0.25, 0.3) is 0 Å². The summed E-state index contributed by atoms with van der Waals surface area (Å²) in [4.78, 5) is 0. The zero-order valence-corrected chi connectivity index (χ0v) is 9.30. The second kappa shape index (κ2) is 8.23. The molecule has 0 aliphatic heterocycles. The maximum absolute atomic E-state index is 2.31. The van der Waals surface area contributed by atoms with E-state index in [1.54, 1.807) is 0 Å². The molecule has 0 rings (SSSR count). The van der Waals surface area contributed by atoms with Crippen molar-refractivity contribution in [1.82, 2.24) is 0 Å². The van der Waals surface area contributed by atoms with E-state index in [-0.39, 0.29) is 18.9 Å². The average molecular weight is 148 g/mol. The van der Waals surface area contributed by atoms with Crippen molar-refractivity contribution in [1.29, 1.82) is 0 Å². The third kappa shape index (κ3) is 11.9. The van der Waals surface area contributed by atoms with E-state index in [4.69, 9.17) is 0 Å². The van der Waals surface area contributed by atoms with Gasteiger partial charge >= 0.3 is 0 Å². The second-order valence-corrected chi connectivity index (χ2v) is 5.07. The second-order valence-electron chi connectivity index (χ2n) is 3.55. The Hall–Kier alpha value is 1.13. The van der Waals surface area contributed by atoms with Gasteiger partial charge in [-0.2, -0.15) is 0 Å². The van der Waals surface area contributed by atoms with E-state index >= 15 is 0 Å². The zero-order chi connectivity index (χ0) is 7.28. The van der Waals surface area contributed by atoms with Crippen molar-refractivity contribution >= 4 is 34.1 Å². The summed E-state index contributed by atoms with van der Waals surface area (Å²) in [7, 11) is 0. The van der Waals surface area contributed by atoms with Crippen LogP contribution in [-0.4, -0.2) is 34.1 Å². The van der Waals surface area contributed by atoms with Crippen molar-refractivity contribution < 1.29 is 0 Å². The normalized spacial score (nSPS) is 9.80. The predicted octanol–water partition coefficient (Wildman–Crippen LogP) is 2.46. The van der Waals surface area contributed by atoms with Crippen LogP contribution >= 0.6 is 0 Å². The van der Waals surface area contributed by atoms with Gasteiger partial charge in [0.05, 0.1) is 0 Å². The maximum atomic E-state index is 2.31. The summed E-state index contributed by atoms with van der Waals surface area (Å²) in [5.74, 6) is 1.86. The minimum absolute atomic E-state index is 0. The molecule has 2 heteroatoms. The monoisotopic (exact) mass is 148 g/mol. The van der Waals surface area contributed by atoms with Crippen LogP contribution in [0.15, 0.2) is 0 Å². The molecular formula is C8H18AlLi. The van der Waals surface area contributed by atoms with Crippen LogP contribution in [0.1, 0.15) is 27.7 Å². The van der Waals surface area contributed by atoms with Crippen molar-refractivity contribution in [3.05, 3.63) is 0 Å². The Bertz CT molecular complexity index is 54.3. The molecule has 0 unspecified atom stereocenters. The van der Waals surface area contributed by atoms with Crippen molar-refractivity contribution in [2.45, 2.75) is 38.3 Å². The molecule has 0 nitrogen and oxygen atoms in total. The van der Waals surface area contributed by atoms with E-state index in [2.05, 4.69) is 27.7 Å². The first-order chi connectivity index (χ1) is 4.13. The van der Waals surface area contributed by atoms with Crippen molar-refractivity contribution in [3.8, 4) is 0 Å². The minimum Gasteiger partial charge on any atom is -0.102 e. The van der Waals surface area contributed by atoms with Gasteiger partial charge in [-0.15, -0.1) is 10.6 Å². The Labute approximate surface area is 84.0 Å². The molecule has 0 saturated heterocycles. The molecule has 0 aliphatic rings. The van der Waals surface area contributed by atoms with Crippen molar-refractivity contribution in [2.24, 2.45) is 11.8 Å². The van der Waals surface area contributed by atoms with Gasteiger partial charge in [0.1, 0.15) is 0 Å². The first-order valence-electron chi connectivity index (χ1n) is 3.94. The molecule has 0 atom stereocenters. The van der Waals surface area contributed by atoms with Crippen molar-refractivity contribution in [3.63, 3.8) is 0 Å². The van der Waals surface area contributed by atoms with E-state index in [9.17, 15) is 0 Å². The molecule has 0 aromatic rings. The molecule has 0 bridgehead atoms. The van der Waals surface area contributed by atoms with Gasteiger partial charge in [0.2, 0.25) is 15.2 Å². The van der Waals surface area contributed by atoms with Gasteiger partial charge in [-0.25, -0.2) is 0 Å².